The molecule has 0 aliphatic heterocycles. The van der Waals surface area contributed by atoms with Crippen molar-refractivity contribution in [3.8, 4) is 5.88 Å². The summed E-state index contributed by atoms with van der Waals surface area (Å²) in [5.74, 6) is 0.382. The molecule has 0 unspecified atom stereocenters. The SMILES string of the molecule is COCc1nc(OC)c2c(C)c(C(=O)Nc3cc(C)ccc3NC(C)=O)sc2n1. The Hall–Kier alpha value is -3.04. The molecule has 0 saturated heterocycles. The Morgan fingerprint density at radius 1 is 1.10 bits per heavy atom. The zero-order valence-electron chi connectivity index (χ0n) is 16.9. The summed E-state index contributed by atoms with van der Waals surface area (Å²) in [6.45, 7) is 5.41. The molecule has 0 saturated carbocycles. The molecule has 0 spiro atoms. The molecule has 152 valence electrons. The van der Waals surface area contributed by atoms with Gasteiger partial charge in [-0.3, -0.25) is 9.59 Å². The van der Waals surface area contributed by atoms with Gasteiger partial charge in [0.05, 0.1) is 28.7 Å². The number of fused-ring (bicyclic) bond motifs is 1. The lowest BCUT2D eigenvalue weighted by molar-refractivity contribution is -0.114. The number of nitrogens with zero attached hydrogens (tertiary/aromatic N) is 2. The summed E-state index contributed by atoms with van der Waals surface area (Å²) >= 11 is 1.26. The minimum atomic E-state index is -0.293. The third kappa shape index (κ3) is 4.36. The maximum absolute atomic E-state index is 13.0. The van der Waals surface area contributed by atoms with Crippen LogP contribution in [0.15, 0.2) is 18.2 Å². The molecule has 2 heterocycles. The molecular weight excluding hydrogens is 392 g/mol. The van der Waals surface area contributed by atoms with Crippen LogP contribution in [0.3, 0.4) is 0 Å². The lowest BCUT2D eigenvalue weighted by Gasteiger charge is -2.12. The number of thiophene rings is 1. The van der Waals surface area contributed by atoms with Gasteiger partial charge >= 0.3 is 0 Å². The van der Waals surface area contributed by atoms with E-state index in [1.165, 1.54) is 25.4 Å². The van der Waals surface area contributed by atoms with Gasteiger partial charge in [-0.05, 0) is 37.1 Å². The van der Waals surface area contributed by atoms with E-state index in [1.54, 1.807) is 13.2 Å². The highest BCUT2D eigenvalue weighted by Crippen LogP contribution is 2.36. The number of aryl methyl sites for hydroxylation is 2. The Morgan fingerprint density at radius 2 is 1.86 bits per heavy atom. The van der Waals surface area contributed by atoms with Gasteiger partial charge in [-0.1, -0.05) is 6.07 Å². The number of ether oxygens (including phenoxy) is 2. The quantitative estimate of drug-likeness (QED) is 0.638. The molecule has 0 aliphatic carbocycles. The first-order chi connectivity index (χ1) is 13.8. The molecule has 0 bridgehead atoms. The summed E-state index contributed by atoms with van der Waals surface area (Å²) in [5.41, 5.74) is 2.76. The minimum Gasteiger partial charge on any atom is -0.480 e. The normalized spacial score (nSPS) is 10.8. The summed E-state index contributed by atoms with van der Waals surface area (Å²) in [6.07, 6.45) is 0. The Labute approximate surface area is 172 Å². The summed E-state index contributed by atoms with van der Waals surface area (Å²) in [6, 6.07) is 5.43. The molecule has 3 aromatic rings. The smallest absolute Gasteiger partial charge is 0.266 e. The Morgan fingerprint density at radius 3 is 2.52 bits per heavy atom. The van der Waals surface area contributed by atoms with Crippen molar-refractivity contribution >= 4 is 44.7 Å². The molecule has 0 fully saturated rings. The van der Waals surface area contributed by atoms with E-state index in [1.807, 2.05) is 26.0 Å². The molecular formula is C20H22N4O4S. The van der Waals surface area contributed by atoms with E-state index in [-0.39, 0.29) is 18.4 Å². The second-order valence-electron chi connectivity index (χ2n) is 6.50. The number of amides is 2. The zero-order valence-corrected chi connectivity index (χ0v) is 17.7. The van der Waals surface area contributed by atoms with E-state index in [0.29, 0.717) is 38.2 Å². The number of hydrogen-bond acceptors (Lipinski definition) is 7. The van der Waals surface area contributed by atoms with Crippen molar-refractivity contribution in [2.45, 2.75) is 27.4 Å². The summed E-state index contributed by atoms with van der Waals surface area (Å²) in [7, 11) is 3.09. The molecule has 3 rings (SSSR count). The number of carbonyl (C=O) groups is 2. The fourth-order valence-electron chi connectivity index (χ4n) is 2.94. The third-order valence-electron chi connectivity index (χ3n) is 4.21. The average Bonchev–Trinajstić information content (AvgIpc) is 3.00. The van der Waals surface area contributed by atoms with Gasteiger partial charge in [-0.2, -0.15) is 4.98 Å². The van der Waals surface area contributed by atoms with Gasteiger partial charge in [0, 0.05) is 14.0 Å². The third-order valence-corrected chi connectivity index (χ3v) is 5.39. The lowest BCUT2D eigenvalue weighted by Crippen LogP contribution is -2.15. The van der Waals surface area contributed by atoms with E-state index in [4.69, 9.17) is 9.47 Å². The van der Waals surface area contributed by atoms with Crippen LogP contribution in [-0.2, 0) is 16.1 Å². The van der Waals surface area contributed by atoms with Crippen LogP contribution >= 0.6 is 11.3 Å². The van der Waals surface area contributed by atoms with Crippen LogP contribution in [0, 0.1) is 13.8 Å². The van der Waals surface area contributed by atoms with E-state index in [2.05, 4.69) is 20.6 Å². The van der Waals surface area contributed by atoms with Gasteiger partial charge < -0.3 is 20.1 Å². The number of nitrogens with one attached hydrogen (secondary N) is 2. The Kier molecular flexibility index (Phi) is 6.09. The molecule has 2 N–H and O–H groups in total. The summed E-state index contributed by atoms with van der Waals surface area (Å²) < 4.78 is 10.5. The van der Waals surface area contributed by atoms with Crippen LogP contribution in [0.2, 0.25) is 0 Å². The highest BCUT2D eigenvalue weighted by molar-refractivity contribution is 7.20. The number of methoxy groups -OCH3 is 2. The van der Waals surface area contributed by atoms with Crippen LogP contribution in [0.25, 0.3) is 10.2 Å². The first-order valence-electron chi connectivity index (χ1n) is 8.86. The van der Waals surface area contributed by atoms with Gasteiger partial charge in [-0.15, -0.1) is 11.3 Å². The number of carbonyl (C=O) groups excluding carboxylic acids is 2. The minimum absolute atomic E-state index is 0.215. The molecule has 0 radical (unpaired) electrons. The van der Waals surface area contributed by atoms with Crippen molar-refractivity contribution in [1.29, 1.82) is 0 Å². The first kappa shape index (κ1) is 20.7. The van der Waals surface area contributed by atoms with Crippen molar-refractivity contribution in [2.24, 2.45) is 0 Å². The van der Waals surface area contributed by atoms with Gasteiger partial charge in [0.2, 0.25) is 11.8 Å². The Bertz CT molecular complexity index is 1090. The van der Waals surface area contributed by atoms with E-state index >= 15 is 0 Å². The average molecular weight is 414 g/mol. The highest BCUT2D eigenvalue weighted by Gasteiger charge is 2.22. The standard InChI is InChI=1S/C20H22N4O4S/c1-10-6-7-13(21-12(3)25)14(8-10)22-18(26)17-11(2)16-19(28-5)23-15(9-27-4)24-20(16)29-17/h6-8H,9H2,1-5H3,(H,21,25)(H,22,26). The van der Waals surface area contributed by atoms with Crippen molar-refractivity contribution in [3.63, 3.8) is 0 Å². The van der Waals surface area contributed by atoms with Crippen molar-refractivity contribution in [1.82, 2.24) is 9.97 Å². The molecule has 0 aliphatic rings. The number of aromatic nitrogens is 2. The topological polar surface area (TPSA) is 102 Å². The number of rotatable bonds is 6. The second-order valence-corrected chi connectivity index (χ2v) is 7.50. The Balaban J connectivity index is 2.01. The largest absolute Gasteiger partial charge is 0.480 e. The number of hydrogen-bond donors (Lipinski definition) is 2. The highest BCUT2D eigenvalue weighted by atomic mass is 32.1. The molecule has 29 heavy (non-hydrogen) atoms. The van der Waals surface area contributed by atoms with E-state index in [0.717, 1.165) is 11.1 Å². The molecule has 2 amide bonds. The number of benzene rings is 1. The molecule has 8 nitrogen and oxygen atoms in total. The predicted molar refractivity (Wildman–Crippen MR) is 113 cm³/mol. The fraction of sp³-hybridized carbons (Fsp3) is 0.300. The van der Waals surface area contributed by atoms with Crippen molar-refractivity contribution in [2.75, 3.05) is 24.9 Å². The monoisotopic (exact) mass is 414 g/mol. The molecule has 2 aromatic heterocycles. The molecule has 0 atom stereocenters. The van der Waals surface area contributed by atoms with E-state index < -0.39 is 0 Å². The maximum atomic E-state index is 13.0. The lowest BCUT2D eigenvalue weighted by atomic mass is 10.1. The predicted octanol–water partition coefficient (Wildman–Crippen LogP) is 3.67. The van der Waals surface area contributed by atoms with Crippen LogP contribution in [-0.4, -0.2) is 36.0 Å². The number of anilines is 2. The second kappa shape index (κ2) is 8.54. The fourth-order valence-corrected chi connectivity index (χ4v) is 4.03. The molecule has 9 heteroatoms. The van der Waals surface area contributed by atoms with Gasteiger partial charge in [0.25, 0.3) is 5.91 Å². The summed E-state index contributed by atoms with van der Waals surface area (Å²) in [5, 5.41) is 6.33. The van der Waals surface area contributed by atoms with Gasteiger partial charge in [-0.25, -0.2) is 4.98 Å². The van der Waals surface area contributed by atoms with Crippen LogP contribution in [0.1, 0.15) is 33.5 Å². The van der Waals surface area contributed by atoms with Gasteiger partial charge in [0.1, 0.15) is 11.4 Å². The van der Waals surface area contributed by atoms with Gasteiger partial charge in [0.15, 0.2) is 5.82 Å². The maximum Gasteiger partial charge on any atom is 0.266 e. The first-order valence-corrected chi connectivity index (χ1v) is 9.68. The zero-order chi connectivity index (χ0) is 21.1. The van der Waals surface area contributed by atoms with Crippen molar-refractivity contribution in [3.05, 3.63) is 40.0 Å². The van der Waals surface area contributed by atoms with Crippen LogP contribution in [0.4, 0.5) is 11.4 Å². The van der Waals surface area contributed by atoms with Crippen LogP contribution < -0.4 is 15.4 Å². The summed E-state index contributed by atoms with van der Waals surface area (Å²) in [4.78, 5) is 34.5. The molecule has 1 aromatic carbocycles. The van der Waals surface area contributed by atoms with Crippen molar-refractivity contribution < 1.29 is 19.1 Å². The van der Waals surface area contributed by atoms with E-state index in [9.17, 15) is 9.59 Å². The van der Waals surface area contributed by atoms with Crippen LogP contribution in [0.5, 0.6) is 5.88 Å².